The summed E-state index contributed by atoms with van der Waals surface area (Å²) in [7, 11) is 0. The predicted molar refractivity (Wildman–Crippen MR) is 147 cm³/mol. The maximum Gasteiger partial charge on any atom is 0 e. The first-order chi connectivity index (χ1) is 17.9. The molecule has 0 aromatic heterocycles. The number of hydrogen-bond acceptors (Lipinski definition) is 0. The van der Waals surface area contributed by atoms with Crippen LogP contribution in [-0.2, 0) is 16.8 Å². The van der Waals surface area contributed by atoms with Gasteiger partial charge in [-0.25, -0.2) is 12.1 Å². The van der Waals surface area contributed by atoms with Gasteiger partial charge in [-0.15, -0.1) is 5.56 Å². The van der Waals surface area contributed by atoms with Crippen molar-refractivity contribution in [2.75, 3.05) is 0 Å². The third-order valence-electron chi connectivity index (χ3n) is 6.30. The van der Waals surface area contributed by atoms with Crippen molar-refractivity contribution in [2.45, 2.75) is 11.8 Å². The summed E-state index contributed by atoms with van der Waals surface area (Å²) >= 11 is 0. The van der Waals surface area contributed by atoms with Gasteiger partial charge in [0.2, 0.25) is 0 Å². The molecule has 0 fully saturated rings. The molecule has 1 radical (unpaired) electrons. The molecule has 185 valence electrons. The van der Waals surface area contributed by atoms with E-state index in [-0.39, 0.29) is 22.7 Å². The van der Waals surface area contributed by atoms with Crippen LogP contribution in [0.4, 0.5) is 0 Å². The molecular weight excluding hydrogens is 491 g/mol. The molecule has 0 aliphatic carbocycles. The van der Waals surface area contributed by atoms with Crippen LogP contribution in [0.5, 0.6) is 0 Å². The molecule has 0 nitrogen and oxygen atoms in total. The minimum Gasteiger partial charge on any atom is -0.998 e. The molecule has 0 saturated heterocycles. The smallest absolute Gasteiger partial charge is 0 e. The van der Waals surface area contributed by atoms with E-state index in [2.05, 4.69) is 158 Å². The van der Waals surface area contributed by atoms with Crippen LogP contribution < -0.4 is 0 Å². The molecule has 0 saturated carbocycles. The molecule has 0 aliphatic rings. The standard InChI is InChI=1S/C18H15.C18H11.Co/c2*1-3-9-15(10-4-1)18(17-13-7-8-14-17)16-11-5-2-6-12-16;/h1-14,18H;1-6,9-12,18H;/q-1;-5;. The van der Waals surface area contributed by atoms with Gasteiger partial charge in [0.1, 0.15) is 0 Å². The van der Waals surface area contributed by atoms with Crippen molar-refractivity contribution in [3.05, 3.63) is 203 Å². The maximum absolute atomic E-state index is 3.10. The summed E-state index contributed by atoms with van der Waals surface area (Å²) in [4.78, 5) is 0. The van der Waals surface area contributed by atoms with E-state index in [0.29, 0.717) is 5.92 Å². The first-order valence-corrected chi connectivity index (χ1v) is 12.2. The van der Waals surface area contributed by atoms with Crippen molar-refractivity contribution in [1.29, 1.82) is 0 Å². The first-order valence-electron chi connectivity index (χ1n) is 12.2. The van der Waals surface area contributed by atoms with Gasteiger partial charge in [0.05, 0.1) is 0 Å². The molecule has 0 spiro atoms. The molecule has 6 aromatic rings. The van der Waals surface area contributed by atoms with E-state index >= 15 is 0 Å². The Morgan fingerprint density at radius 1 is 0.405 bits per heavy atom. The largest absolute Gasteiger partial charge is 0.998 e. The Kier molecular flexibility index (Phi) is 9.48. The van der Waals surface area contributed by atoms with Crippen molar-refractivity contribution >= 4 is 0 Å². The molecule has 0 amide bonds. The van der Waals surface area contributed by atoms with Gasteiger partial charge in [0.25, 0.3) is 0 Å². The summed E-state index contributed by atoms with van der Waals surface area (Å²) in [5, 5.41) is 0. The summed E-state index contributed by atoms with van der Waals surface area (Å²) in [6.07, 6.45) is 0. The monoisotopic (exact) mass is 517 g/mol. The topological polar surface area (TPSA) is 0 Å². The first kappa shape index (κ1) is 26.2. The normalized spacial score (nSPS) is 10.4. The van der Waals surface area contributed by atoms with Gasteiger partial charge >= 0.3 is 0 Å². The fourth-order valence-corrected chi connectivity index (χ4v) is 4.64. The Labute approximate surface area is 231 Å². The molecule has 0 unspecified atom stereocenters. The Hall–Kier alpha value is -3.91. The van der Waals surface area contributed by atoms with E-state index in [1.54, 1.807) is 0 Å². The van der Waals surface area contributed by atoms with Crippen molar-refractivity contribution in [3.8, 4) is 0 Å². The summed E-state index contributed by atoms with van der Waals surface area (Å²) in [6, 6.07) is 62.7. The Morgan fingerprint density at radius 3 is 1.08 bits per heavy atom. The second kappa shape index (κ2) is 13.4. The van der Waals surface area contributed by atoms with Crippen molar-refractivity contribution < 1.29 is 16.8 Å². The van der Waals surface area contributed by atoms with Crippen LogP contribution in [0.3, 0.4) is 0 Å². The van der Waals surface area contributed by atoms with E-state index in [4.69, 9.17) is 0 Å². The van der Waals surface area contributed by atoms with Gasteiger partial charge in [-0.2, -0.15) is 18.1 Å². The van der Waals surface area contributed by atoms with Gasteiger partial charge in [-0.1, -0.05) is 132 Å². The zero-order valence-electron chi connectivity index (χ0n) is 20.3. The van der Waals surface area contributed by atoms with Crippen molar-refractivity contribution in [2.24, 2.45) is 0 Å². The molecule has 0 aliphatic heterocycles. The molecule has 0 bridgehead atoms. The maximum atomic E-state index is 3.10. The number of hydrogen-bond donors (Lipinski definition) is 0. The van der Waals surface area contributed by atoms with Crippen LogP contribution in [0.2, 0.25) is 0 Å². The fourth-order valence-electron chi connectivity index (χ4n) is 4.64. The second-order valence-corrected chi connectivity index (χ2v) is 8.64. The zero-order valence-corrected chi connectivity index (χ0v) is 21.4. The Morgan fingerprint density at radius 2 is 0.730 bits per heavy atom. The van der Waals surface area contributed by atoms with E-state index in [1.165, 1.54) is 27.8 Å². The van der Waals surface area contributed by atoms with Gasteiger partial charge in [0, 0.05) is 16.8 Å². The third kappa shape index (κ3) is 6.65. The fraction of sp³-hybridized carbons (Fsp3) is 0.0556. The molecule has 37 heavy (non-hydrogen) atoms. The third-order valence-corrected chi connectivity index (χ3v) is 6.30. The van der Waals surface area contributed by atoms with E-state index in [0.717, 1.165) is 5.56 Å². The van der Waals surface area contributed by atoms with Crippen LogP contribution in [0, 0.1) is 24.3 Å². The Bertz CT molecular complexity index is 1190. The summed E-state index contributed by atoms with van der Waals surface area (Å²) in [5.41, 5.74) is 7.51. The van der Waals surface area contributed by atoms with Gasteiger partial charge in [-0.3, -0.25) is 0 Å². The number of benzene rings is 4. The molecule has 0 heterocycles. The van der Waals surface area contributed by atoms with Crippen LogP contribution in [0.1, 0.15) is 45.2 Å². The second-order valence-electron chi connectivity index (χ2n) is 8.64. The summed E-state index contributed by atoms with van der Waals surface area (Å²) in [5.74, 6) is 0.497. The Balaban J connectivity index is 0.000000168. The SMILES string of the molecule is [Co].[c-]1[c-][c-][c-](C(c2ccccc2)c2ccccc2)[c-]1.c1ccc(C(c2ccccc2)[c-]2cccc2)cc1. The van der Waals surface area contributed by atoms with E-state index in [9.17, 15) is 0 Å². The zero-order chi connectivity index (χ0) is 24.4. The minimum absolute atomic E-state index is 0. The minimum atomic E-state index is 0. The quantitative estimate of drug-likeness (QED) is 0.195. The van der Waals surface area contributed by atoms with E-state index in [1.807, 2.05) is 12.1 Å². The molecule has 0 N–H and O–H groups in total. The molecule has 1 heteroatoms. The van der Waals surface area contributed by atoms with E-state index < -0.39 is 0 Å². The van der Waals surface area contributed by atoms with Crippen LogP contribution in [0.15, 0.2) is 146 Å². The predicted octanol–water partition coefficient (Wildman–Crippen LogP) is 8.37. The summed E-state index contributed by atoms with van der Waals surface area (Å²) in [6.45, 7) is 0. The van der Waals surface area contributed by atoms with Gasteiger partial charge in [0.15, 0.2) is 0 Å². The number of rotatable bonds is 6. The summed E-state index contributed by atoms with van der Waals surface area (Å²) < 4.78 is 0. The molecule has 0 atom stereocenters. The van der Waals surface area contributed by atoms with Crippen molar-refractivity contribution in [1.82, 2.24) is 0 Å². The average Bonchev–Trinajstić information content (AvgIpc) is 3.68. The van der Waals surface area contributed by atoms with Crippen LogP contribution in [-0.4, -0.2) is 0 Å². The molecule has 6 aromatic carbocycles. The van der Waals surface area contributed by atoms with Gasteiger partial charge < -0.3 is 29.8 Å². The van der Waals surface area contributed by atoms with Gasteiger partial charge in [-0.05, 0) is 17.0 Å². The van der Waals surface area contributed by atoms with Crippen LogP contribution in [0.25, 0.3) is 0 Å². The molecular formula is C36H26Co-6. The van der Waals surface area contributed by atoms with Crippen molar-refractivity contribution in [3.63, 3.8) is 0 Å². The van der Waals surface area contributed by atoms with Crippen LogP contribution >= 0.6 is 0 Å². The molecule has 6 rings (SSSR count). The average molecular weight is 518 g/mol.